The van der Waals surface area contributed by atoms with Gasteiger partial charge in [-0.2, -0.15) is 11.8 Å². The van der Waals surface area contributed by atoms with E-state index in [9.17, 15) is 0 Å². The van der Waals surface area contributed by atoms with Crippen LogP contribution in [0.3, 0.4) is 0 Å². The Balaban J connectivity index is 2.27. The summed E-state index contributed by atoms with van der Waals surface area (Å²) >= 11 is 2.02. The van der Waals surface area contributed by atoms with Gasteiger partial charge in [0.15, 0.2) is 0 Å². The molecule has 0 amide bonds. The van der Waals surface area contributed by atoms with E-state index in [0.717, 1.165) is 5.25 Å². The molecule has 0 nitrogen and oxygen atoms in total. The van der Waals surface area contributed by atoms with E-state index in [0.29, 0.717) is 0 Å². The Kier molecular flexibility index (Phi) is 3.50. The summed E-state index contributed by atoms with van der Waals surface area (Å²) in [5.41, 5.74) is 1.45. The van der Waals surface area contributed by atoms with E-state index in [1.54, 1.807) is 0 Å². The lowest BCUT2D eigenvalue weighted by atomic mass is 9.98. The number of thioether (sulfide) groups is 1. The van der Waals surface area contributed by atoms with Crippen LogP contribution in [-0.4, -0.2) is 11.0 Å². The molecule has 0 bridgehead atoms. The summed E-state index contributed by atoms with van der Waals surface area (Å²) < 4.78 is 0. The topological polar surface area (TPSA) is 0 Å². The van der Waals surface area contributed by atoms with Crippen molar-refractivity contribution >= 4 is 11.8 Å². The SMILES string of the molecule is C=CC=CC1=CC(SCC)C1. The number of hydrogen-bond acceptors (Lipinski definition) is 1. The van der Waals surface area contributed by atoms with Crippen molar-refractivity contribution in [2.45, 2.75) is 18.6 Å². The Bertz CT molecular complexity index is 189. The molecule has 1 aliphatic carbocycles. The van der Waals surface area contributed by atoms with Crippen LogP contribution in [-0.2, 0) is 0 Å². The minimum Gasteiger partial charge on any atom is -0.154 e. The molecule has 60 valence electrons. The van der Waals surface area contributed by atoms with Gasteiger partial charge in [-0.3, -0.25) is 0 Å². The highest BCUT2D eigenvalue weighted by atomic mass is 32.2. The quantitative estimate of drug-likeness (QED) is 0.578. The van der Waals surface area contributed by atoms with Gasteiger partial charge in [-0.1, -0.05) is 37.8 Å². The largest absolute Gasteiger partial charge is 0.154 e. The van der Waals surface area contributed by atoms with Gasteiger partial charge in [0.2, 0.25) is 0 Å². The zero-order valence-electron chi connectivity index (χ0n) is 6.92. The Morgan fingerprint density at radius 2 is 2.55 bits per heavy atom. The standard InChI is InChI=1S/C10H14S/c1-3-5-6-9-7-10(8-9)11-4-2/h3,5-7,10H,1,4,8H2,2H3. The number of hydrogen-bond donors (Lipinski definition) is 0. The van der Waals surface area contributed by atoms with Crippen molar-refractivity contribution in [1.29, 1.82) is 0 Å². The van der Waals surface area contributed by atoms with Crippen molar-refractivity contribution in [2.75, 3.05) is 5.75 Å². The van der Waals surface area contributed by atoms with Crippen LogP contribution >= 0.6 is 11.8 Å². The molecule has 0 radical (unpaired) electrons. The molecule has 0 fully saturated rings. The highest BCUT2D eigenvalue weighted by molar-refractivity contribution is 8.00. The van der Waals surface area contributed by atoms with Crippen LogP contribution in [0.2, 0.25) is 0 Å². The molecule has 1 heteroatoms. The van der Waals surface area contributed by atoms with Crippen molar-refractivity contribution < 1.29 is 0 Å². The maximum Gasteiger partial charge on any atom is 0.0272 e. The Morgan fingerprint density at radius 1 is 1.82 bits per heavy atom. The first-order valence-electron chi connectivity index (χ1n) is 3.98. The van der Waals surface area contributed by atoms with Crippen molar-refractivity contribution in [3.05, 3.63) is 36.5 Å². The summed E-state index contributed by atoms with van der Waals surface area (Å²) in [6, 6.07) is 0. The summed E-state index contributed by atoms with van der Waals surface area (Å²) in [5, 5.41) is 0.782. The van der Waals surface area contributed by atoms with Gasteiger partial charge >= 0.3 is 0 Å². The molecule has 0 aliphatic heterocycles. The second-order valence-electron chi connectivity index (χ2n) is 2.53. The summed E-state index contributed by atoms with van der Waals surface area (Å²) in [6.07, 6.45) is 9.52. The second-order valence-corrected chi connectivity index (χ2v) is 4.05. The fourth-order valence-electron chi connectivity index (χ4n) is 1.07. The van der Waals surface area contributed by atoms with E-state index in [2.05, 4.69) is 25.7 Å². The van der Waals surface area contributed by atoms with Crippen LogP contribution in [0.15, 0.2) is 36.5 Å². The minimum atomic E-state index is 0.782. The van der Waals surface area contributed by atoms with E-state index in [1.165, 1.54) is 17.7 Å². The molecule has 1 rings (SSSR count). The number of allylic oxidation sites excluding steroid dienone is 4. The second kappa shape index (κ2) is 4.45. The van der Waals surface area contributed by atoms with E-state index >= 15 is 0 Å². The van der Waals surface area contributed by atoms with E-state index in [1.807, 2.05) is 23.9 Å². The van der Waals surface area contributed by atoms with Crippen LogP contribution in [0.1, 0.15) is 13.3 Å². The van der Waals surface area contributed by atoms with Crippen LogP contribution in [0.25, 0.3) is 0 Å². The molecule has 0 N–H and O–H groups in total. The fourth-order valence-corrected chi connectivity index (χ4v) is 2.08. The highest BCUT2D eigenvalue weighted by Gasteiger charge is 2.15. The van der Waals surface area contributed by atoms with Gasteiger partial charge < -0.3 is 0 Å². The Morgan fingerprint density at radius 3 is 3.09 bits per heavy atom. The summed E-state index contributed by atoms with van der Waals surface area (Å²) in [4.78, 5) is 0. The van der Waals surface area contributed by atoms with Crippen LogP contribution in [0, 0.1) is 0 Å². The predicted molar refractivity (Wildman–Crippen MR) is 54.0 cm³/mol. The molecule has 1 aliphatic rings. The molecule has 0 aromatic rings. The smallest absolute Gasteiger partial charge is 0.0272 e. The average molecular weight is 166 g/mol. The zero-order chi connectivity index (χ0) is 8.10. The van der Waals surface area contributed by atoms with Crippen LogP contribution < -0.4 is 0 Å². The summed E-state index contributed by atoms with van der Waals surface area (Å²) in [5.74, 6) is 1.22. The van der Waals surface area contributed by atoms with Crippen LogP contribution in [0.4, 0.5) is 0 Å². The third kappa shape index (κ3) is 2.58. The molecule has 0 heterocycles. The van der Waals surface area contributed by atoms with Crippen molar-refractivity contribution in [2.24, 2.45) is 0 Å². The van der Waals surface area contributed by atoms with Gasteiger partial charge in [0.05, 0.1) is 0 Å². The minimum absolute atomic E-state index is 0.782. The zero-order valence-corrected chi connectivity index (χ0v) is 7.73. The first kappa shape index (κ1) is 8.66. The third-order valence-corrected chi connectivity index (χ3v) is 2.73. The maximum atomic E-state index is 3.63. The molecule has 11 heavy (non-hydrogen) atoms. The lowest BCUT2D eigenvalue weighted by Gasteiger charge is -2.21. The van der Waals surface area contributed by atoms with Crippen LogP contribution in [0.5, 0.6) is 0 Å². The first-order valence-corrected chi connectivity index (χ1v) is 5.03. The predicted octanol–water partition coefficient (Wildman–Crippen LogP) is 3.18. The monoisotopic (exact) mass is 166 g/mol. The van der Waals surface area contributed by atoms with Gasteiger partial charge in [-0.25, -0.2) is 0 Å². The van der Waals surface area contributed by atoms with Crippen molar-refractivity contribution in [3.63, 3.8) is 0 Å². The average Bonchev–Trinajstić information content (AvgIpc) is 1.94. The highest BCUT2D eigenvalue weighted by Crippen LogP contribution is 2.30. The summed E-state index contributed by atoms with van der Waals surface area (Å²) in [7, 11) is 0. The molecule has 1 atom stereocenters. The van der Waals surface area contributed by atoms with E-state index < -0.39 is 0 Å². The normalized spacial score (nSPS) is 23.0. The lowest BCUT2D eigenvalue weighted by Crippen LogP contribution is -2.10. The number of rotatable bonds is 4. The van der Waals surface area contributed by atoms with Gasteiger partial charge in [-0.15, -0.1) is 0 Å². The van der Waals surface area contributed by atoms with Gasteiger partial charge in [-0.05, 0) is 17.7 Å². The molecule has 0 spiro atoms. The van der Waals surface area contributed by atoms with Crippen molar-refractivity contribution in [3.8, 4) is 0 Å². The maximum absolute atomic E-state index is 3.63. The van der Waals surface area contributed by atoms with Gasteiger partial charge in [0, 0.05) is 5.25 Å². The molecule has 0 saturated heterocycles. The third-order valence-electron chi connectivity index (χ3n) is 1.66. The van der Waals surface area contributed by atoms with Gasteiger partial charge in [0.25, 0.3) is 0 Å². The summed E-state index contributed by atoms with van der Waals surface area (Å²) in [6.45, 7) is 5.83. The van der Waals surface area contributed by atoms with Gasteiger partial charge in [0.1, 0.15) is 0 Å². The molecule has 0 aromatic carbocycles. The van der Waals surface area contributed by atoms with E-state index in [4.69, 9.17) is 0 Å². The van der Waals surface area contributed by atoms with E-state index in [-0.39, 0.29) is 0 Å². The van der Waals surface area contributed by atoms with Crippen molar-refractivity contribution in [1.82, 2.24) is 0 Å². The Labute approximate surface area is 73.1 Å². The fraction of sp³-hybridized carbons (Fsp3) is 0.400. The lowest BCUT2D eigenvalue weighted by molar-refractivity contribution is 0.926. The molecule has 1 unspecified atom stereocenters. The first-order chi connectivity index (χ1) is 5.36. The molecule has 0 saturated carbocycles. The molecule has 0 aromatic heterocycles. The Hall–Kier alpha value is -0.430. The molecular weight excluding hydrogens is 152 g/mol. The molecular formula is C10H14S.